The molecule has 2 aliphatic rings. The molecule has 2 heterocycles. The van der Waals surface area contributed by atoms with E-state index in [2.05, 4.69) is 0 Å². The van der Waals surface area contributed by atoms with E-state index >= 15 is 0 Å². The first kappa shape index (κ1) is 30.5. The average Bonchev–Trinajstić information content (AvgIpc) is 2.95. The van der Waals surface area contributed by atoms with E-state index in [-0.39, 0.29) is 81.8 Å². The summed E-state index contributed by atoms with van der Waals surface area (Å²) in [6.07, 6.45) is -1.08. The molecule has 4 aromatic rings. The maximum atomic E-state index is 12.9. The predicted octanol–water partition coefficient (Wildman–Crippen LogP) is 4.62. The zero-order valence-electron chi connectivity index (χ0n) is 25.3. The van der Waals surface area contributed by atoms with Gasteiger partial charge in [0.1, 0.15) is 69.4 Å². The third-order valence-electron chi connectivity index (χ3n) is 8.41. The van der Waals surface area contributed by atoms with E-state index in [0.29, 0.717) is 21.9 Å². The van der Waals surface area contributed by atoms with E-state index in [4.69, 9.17) is 18.9 Å². The highest BCUT2D eigenvalue weighted by Crippen LogP contribution is 2.56. The highest BCUT2D eigenvalue weighted by Gasteiger charge is 2.36. The minimum atomic E-state index is -0.859. The van der Waals surface area contributed by atoms with Crippen LogP contribution in [0.5, 0.6) is 34.5 Å². The number of hydrogen-bond donors (Lipinski definition) is 4. The van der Waals surface area contributed by atoms with Crippen molar-refractivity contribution in [1.82, 2.24) is 0 Å². The van der Waals surface area contributed by atoms with E-state index in [0.717, 1.165) is 0 Å². The summed E-state index contributed by atoms with van der Waals surface area (Å²) in [4.78, 5) is 49.2. The van der Waals surface area contributed by atoms with Crippen LogP contribution in [0.15, 0.2) is 24.3 Å². The van der Waals surface area contributed by atoms with E-state index in [1.807, 2.05) is 0 Å². The van der Waals surface area contributed by atoms with Crippen molar-refractivity contribution < 1.29 is 58.6 Å². The number of rotatable bonds is 7. The third kappa shape index (κ3) is 4.77. The van der Waals surface area contributed by atoms with Crippen LogP contribution in [0.25, 0.3) is 32.7 Å². The van der Waals surface area contributed by atoms with E-state index in [1.165, 1.54) is 40.2 Å². The molecule has 238 valence electrons. The number of fused-ring (bicyclic) bond motifs is 4. The molecule has 0 unspecified atom stereocenters. The van der Waals surface area contributed by atoms with Crippen molar-refractivity contribution in [2.24, 2.45) is 0 Å². The van der Waals surface area contributed by atoms with Gasteiger partial charge in [-0.1, -0.05) is 0 Å². The fourth-order valence-corrected chi connectivity index (χ4v) is 6.57. The zero-order valence-corrected chi connectivity index (χ0v) is 25.3. The number of carbonyl (C=O) groups is 4. The summed E-state index contributed by atoms with van der Waals surface area (Å²) in [5.41, 5.74) is 0.223. The van der Waals surface area contributed by atoms with Gasteiger partial charge in [0.25, 0.3) is 0 Å². The molecule has 2 aliphatic heterocycles. The molecule has 0 saturated carbocycles. The van der Waals surface area contributed by atoms with Crippen LogP contribution >= 0.6 is 0 Å². The van der Waals surface area contributed by atoms with Gasteiger partial charge in [-0.05, 0) is 60.0 Å². The summed E-state index contributed by atoms with van der Waals surface area (Å²) >= 11 is 0. The molecular weight excluding hydrogens is 600 g/mol. The molecule has 12 heteroatoms. The van der Waals surface area contributed by atoms with Gasteiger partial charge in [0.05, 0.1) is 36.1 Å². The maximum Gasteiger partial charge on any atom is 0.342 e. The fourth-order valence-electron chi connectivity index (χ4n) is 6.57. The van der Waals surface area contributed by atoms with Crippen molar-refractivity contribution in [3.63, 3.8) is 0 Å². The van der Waals surface area contributed by atoms with Crippen LogP contribution in [0.3, 0.4) is 0 Å². The highest BCUT2D eigenvalue weighted by atomic mass is 16.6. The Kier molecular flexibility index (Phi) is 7.38. The lowest BCUT2D eigenvalue weighted by Crippen LogP contribution is -2.29. The Morgan fingerprint density at radius 2 is 1.00 bits per heavy atom. The number of Topliss-reactive ketones (excluding diaryl/α,β-unsaturated/α-hetero) is 2. The summed E-state index contributed by atoms with van der Waals surface area (Å²) in [6.45, 7) is 2.77. The molecule has 4 N–H and O–H groups in total. The van der Waals surface area contributed by atoms with Crippen LogP contribution in [0.4, 0.5) is 0 Å². The number of cyclic esters (lactones) is 2. The second-order valence-electron chi connectivity index (χ2n) is 11.6. The Morgan fingerprint density at radius 1 is 0.652 bits per heavy atom. The number of benzene rings is 4. The minimum Gasteiger partial charge on any atom is -0.506 e. The third-order valence-corrected chi connectivity index (χ3v) is 8.41. The van der Waals surface area contributed by atoms with Crippen LogP contribution in [0, 0.1) is 0 Å². The van der Waals surface area contributed by atoms with Crippen molar-refractivity contribution in [2.75, 3.05) is 14.2 Å². The molecule has 0 spiro atoms. The summed E-state index contributed by atoms with van der Waals surface area (Å²) in [7, 11) is 2.66. The van der Waals surface area contributed by atoms with E-state index in [1.54, 1.807) is 12.1 Å². The van der Waals surface area contributed by atoms with Gasteiger partial charge >= 0.3 is 11.9 Å². The first-order valence-electron chi connectivity index (χ1n) is 14.4. The molecule has 0 amide bonds. The molecule has 0 aliphatic carbocycles. The molecule has 0 radical (unpaired) electrons. The van der Waals surface area contributed by atoms with Crippen LogP contribution < -0.4 is 9.47 Å². The fraction of sp³-hybridized carbons (Fsp3) is 0.294. The van der Waals surface area contributed by atoms with Crippen molar-refractivity contribution in [3.05, 3.63) is 46.5 Å². The van der Waals surface area contributed by atoms with Gasteiger partial charge < -0.3 is 39.4 Å². The van der Waals surface area contributed by atoms with Gasteiger partial charge in [-0.2, -0.15) is 0 Å². The number of ether oxygens (including phenoxy) is 4. The Morgan fingerprint density at radius 3 is 1.33 bits per heavy atom. The minimum absolute atomic E-state index is 0.00525. The Labute approximate surface area is 261 Å². The monoisotopic (exact) mass is 630 g/mol. The molecule has 0 fully saturated rings. The summed E-state index contributed by atoms with van der Waals surface area (Å²) in [5, 5.41) is 46.4. The van der Waals surface area contributed by atoms with Gasteiger partial charge in [-0.3, -0.25) is 9.59 Å². The smallest absolute Gasteiger partial charge is 0.342 e. The Hall–Kier alpha value is -5.52. The van der Waals surface area contributed by atoms with Gasteiger partial charge in [0.2, 0.25) is 0 Å². The van der Waals surface area contributed by atoms with Crippen molar-refractivity contribution in [3.8, 4) is 45.6 Å². The molecule has 12 nitrogen and oxygen atoms in total. The van der Waals surface area contributed by atoms with E-state index in [9.17, 15) is 39.6 Å². The van der Waals surface area contributed by atoms with Crippen LogP contribution in [-0.4, -0.2) is 70.4 Å². The number of phenolic OH excluding ortho intramolecular Hbond substituents is 4. The average molecular weight is 631 g/mol. The number of methoxy groups -OCH3 is 2. The number of phenols is 4. The second kappa shape index (κ2) is 11.1. The highest BCUT2D eigenvalue weighted by molar-refractivity contribution is 6.13. The Balaban J connectivity index is 1.59. The van der Waals surface area contributed by atoms with Gasteiger partial charge in [-0.25, -0.2) is 9.59 Å². The lowest BCUT2D eigenvalue weighted by atomic mass is 9.87. The number of carbonyl (C=O) groups excluding carboxylic acids is 4. The lowest BCUT2D eigenvalue weighted by molar-refractivity contribution is -0.120. The van der Waals surface area contributed by atoms with Crippen LogP contribution in [0.1, 0.15) is 58.5 Å². The van der Waals surface area contributed by atoms with Gasteiger partial charge in [0, 0.05) is 25.7 Å². The normalized spacial score (nSPS) is 17.2. The first-order valence-corrected chi connectivity index (χ1v) is 14.4. The SMILES string of the molecule is COc1cc2cc3c(c(O)c2c(O)c1-c1c(OC)cc2cc4c(c(O)c2c1O)C(=O)O[C@@H](CC(C)=O)C4)C(=O)O[C@H](CC(C)=O)C3. The predicted molar refractivity (Wildman–Crippen MR) is 163 cm³/mol. The molecule has 4 aromatic carbocycles. The number of esters is 2. The molecule has 0 bridgehead atoms. The quantitative estimate of drug-likeness (QED) is 0.208. The molecule has 2 atom stereocenters. The first-order chi connectivity index (χ1) is 21.8. The topological polar surface area (TPSA) is 186 Å². The zero-order chi connectivity index (χ0) is 33.2. The van der Waals surface area contributed by atoms with Crippen LogP contribution in [0.2, 0.25) is 0 Å². The number of ketones is 2. The van der Waals surface area contributed by atoms with E-state index < -0.39 is 47.1 Å². The summed E-state index contributed by atoms with van der Waals surface area (Å²) < 4.78 is 22.0. The molecule has 0 saturated heterocycles. The lowest BCUT2D eigenvalue weighted by Gasteiger charge is -2.27. The van der Waals surface area contributed by atoms with Crippen molar-refractivity contribution >= 4 is 45.0 Å². The number of aromatic hydroxyl groups is 4. The van der Waals surface area contributed by atoms with Crippen molar-refractivity contribution in [2.45, 2.75) is 51.7 Å². The molecule has 6 rings (SSSR count). The molecule has 46 heavy (non-hydrogen) atoms. The van der Waals surface area contributed by atoms with Crippen molar-refractivity contribution in [1.29, 1.82) is 0 Å². The Bertz CT molecular complexity index is 1880. The van der Waals surface area contributed by atoms with Gasteiger partial charge in [-0.15, -0.1) is 0 Å². The standard InChI is InChI=1S/C34H30O12/c1-13(35)5-19-9-15-7-17-11-21(43-3)27(31(39)23(17)29(37)25(15)33(41)45-19)28-22(44-4)12-18-8-16-10-20(6-14(2)36)46-34(42)26(16)30(38)24(18)32(28)40/h7-8,11-12,19-20,37-40H,5-6,9-10H2,1-4H3/t19-,20+. The summed E-state index contributed by atoms with van der Waals surface area (Å²) in [6, 6.07) is 6.16. The maximum absolute atomic E-state index is 12.9. The second-order valence-corrected chi connectivity index (χ2v) is 11.6. The number of hydrogen-bond acceptors (Lipinski definition) is 12. The summed E-state index contributed by atoms with van der Waals surface area (Å²) in [5.74, 6) is -4.27. The molecular formula is C34H30O12. The van der Waals surface area contributed by atoms with Gasteiger partial charge in [0.15, 0.2) is 0 Å². The van der Waals surface area contributed by atoms with Crippen LogP contribution in [-0.2, 0) is 31.9 Å². The largest absolute Gasteiger partial charge is 0.506 e. The molecule has 0 aromatic heterocycles.